The average molecular weight is 329 g/mol. The molecule has 2 atom stereocenters. The van der Waals surface area contributed by atoms with Gasteiger partial charge in [0.2, 0.25) is 0 Å². The van der Waals surface area contributed by atoms with Gasteiger partial charge in [-0.2, -0.15) is 18.3 Å². The SMILES string of the molecule is CCCC(O)(Cn1ncnc1C(O)c1ccccc1)C(F)(F)F. The second kappa shape index (κ2) is 6.67. The Morgan fingerprint density at radius 1 is 1.22 bits per heavy atom. The molecule has 2 N–H and O–H groups in total. The van der Waals surface area contributed by atoms with Gasteiger partial charge >= 0.3 is 6.18 Å². The highest BCUT2D eigenvalue weighted by molar-refractivity contribution is 5.22. The van der Waals surface area contributed by atoms with Crippen LogP contribution in [0.1, 0.15) is 37.3 Å². The van der Waals surface area contributed by atoms with E-state index in [1.165, 1.54) is 0 Å². The number of halogens is 3. The molecule has 23 heavy (non-hydrogen) atoms. The van der Waals surface area contributed by atoms with Crippen molar-refractivity contribution in [3.63, 3.8) is 0 Å². The van der Waals surface area contributed by atoms with Crippen LogP contribution in [0.15, 0.2) is 36.7 Å². The number of aliphatic hydroxyl groups is 2. The summed E-state index contributed by atoms with van der Waals surface area (Å²) in [5.41, 5.74) is -2.44. The first-order chi connectivity index (χ1) is 10.8. The van der Waals surface area contributed by atoms with Gasteiger partial charge in [-0.1, -0.05) is 43.7 Å². The first-order valence-corrected chi connectivity index (χ1v) is 7.18. The molecule has 126 valence electrons. The molecule has 1 aromatic heterocycles. The molecule has 0 saturated heterocycles. The van der Waals surface area contributed by atoms with Crippen molar-refractivity contribution < 1.29 is 23.4 Å². The quantitative estimate of drug-likeness (QED) is 0.854. The van der Waals surface area contributed by atoms with E-state index in [2.05, 4.69) is 10.1 Å². The molecule has 0 aliphatic rings. The van der Waals surface area contributed by atoms with Crippen LogP contribution in [0.2, 0.25) is 0 Å². The number of alkyl halides is 3. The summed E-state index contributed by atoms with van der Waals surface area (Å²) < 4.78 is 40.4. The van der Waals surface area contributed by atoms with Gasteiger partial charge in [-0.15, -0.1) is 0 Å². The van der Waals surface area contributed by atoms with E-state index in [0.29, 0.717) is 5.56 Å². The molecule has 0 fully saturated rings. The molecule has 0 aliphatic carbocycles. The lowest BCUT2D eigenvalue weighted by atomic mass is 9.97. The monoisotopic (exact) mass is 329 g/mol. The summed E-state index contributed by atoms with van der Waals surface area (Å²) in [6, 6.07) is 8.41. The van der Waals surface area contributed by atoms with Gasteiger partial charge in [0.05, 0.1) is 6.54 Å². The predicted octanol–water partition coefficient (Wildman–Crippen LogP) is 2.45. The second-order valence-electron chi connectivity index (χ2n) is 5.37. The van der Waals surface area contributed by atoms with Crippen molar-refractivity contribution in [1.29, 1.82) is 0 Å². The normalized spacial score (nSPS) is 16.1. The maximum atomic E-state index is 13.2. The first kappa shape index (κ1) is 17.4. The van der Waals surface area contributed by atoms with Gasteiger partial charge < -0.3 is 10.2 Å². The van der Waals surface area contributed by atoms with Gasteiger partial charge in [0.1, 0.15) is 12.4 Å². The van der Waals surface area contributed by atoms with Crippen molar-refractivity contribution in [3.05, 3.63) is 48.0 Å². The van der Waals surface area contributed by atoms with Crippen LogP contribution in [0.5, 0.6) is 0 Å². The molecule has 0 amide bonds. The molecule has 2 aromatic rings. The molecule has 1 heterocycles. The van der Waals surface area contributed by atoms with Crippen molar-refractivity contribution in [2.24, 2.45) is 0 Å². The maximum absolute atomic E-state index is 13.2. The number of hydrogen-bond donors (Lipinski definition) is 2. The number of aliphatic hydroxyl groups excluding tert-OH is 1. The molecule has 0 spiro atoms. The van der Waals surface area contributed by atoms with E-state index in [-0.39, 0.29) is 12.2 Å². The highest BCUT2D eigenvalue weighted by Gasteiger charge is 2.53. The lowest BCUT2D eigenvalue weighted by Gasteiger charge is -2.30. The van der Waals surface area contributed by atoms with E-state index in [0.717, 1.165) is 11.0 Å². The van der Waals surface area contributed by atoms with Crippen molar-refractivity contribution in [2.75, 3.05) is 0 Å². The Morgan fingerprint density at radius 3 is 2.43 bits per heavy atom. The zero-order valence-electron chi connectivity index (χ0n) is 12.5. The molecule has 0 aliphatic heterocycles. The van der Waals surface area contributed by atoms with Crippen LogP contribution >= 0.6 is 0 Å². The lowest BCUT2D eigenvalue weighted by Crippen LogP contribution is -2.49. The minimum atomic E-state index is -4.80. The molecule has 2 unspecified atom stereocenters. The van der Waals surface area contributed by atoms with Crippen LogP contribution in [0, 0.1) is 0 Å². The molecule has 0 bridgehead atoms. The summed E-state index contributed by atoms with van der Waals surface area (Å²) in [6.45, 7) is 0.737. The summed E-state index contributed by atoms with van der Waals surface area (Å²) in [5, 5.41) is 24.0. The fraction of sp³-hybridized carbons (Fsp3) is 0.467. The van der Waals surface area contributed by atoms with Gasteiger partial charge in [0.15, 0.2) is 11.4 Å². The van der Waals surface area contributed by atoms with Crippen molar-refractivity contribution >= 4 is 0 Å². The summed E-state index contributed by atoms with van der Waals surface area (Å²) in [6.07, 6.45) is -5.27. The molecular weight excluding hydrogens is 311 g/mol. The minimum absolute atomic E-state index is 0.0463. The maximum Gasteiger partial charge on any atom is 0.419 e. The Hall–Kier alpha value is -1.93. The van der Waals surface area contributed by atoms with Crippen LogP contribution < -0.4 is 0 Å². The fourth-order valence-corrected chi connectivity index (χ4v) is 2.36. The Labute approximate surface area is 131 Å². The number of hydrogen-bond acceptors (Lipinski definition) is 4. The average Bonchev–Trinajstić information content (AvgIpc) is 2.94. The topological polar surface area (TPSA) is 71.2 Å². The largest absolute Gasteiger partial charge is 0.419 e. The fourth-order valence-electron chi connectivity index (χ4n) is 2.36. The van der Waals surface area contributed by atoms with E-state index < -0.39 is 30.8 Å². The van der Waals surface area contributed by atoms with Crippen molar-refractivity contribution in [1.82, 2.24) is 14.8 Å². The molecule has 0 saturated carbocycles. The van der Waals surface area contributed by atoms with E-state index in [1.54, 1.807) is 37.3 Å². The van der Waals surface area contributed by atoms with Crippen LogP contribution in [0.3, 0.4) is 0 Å². The summed E-state index contributed by atoms with van der Waals surface area (Å²) in [5.74, 6) is -0.0463. The zero-order chi connectivity index (χ0) is 17.1. The minimum Gasteiger partial charge on any atom is -0.380 e. The predicted molar refractivity (Wildman–Crippen MR) is 76.4 cm³/mol. The van der Waals surface area contributed by atoms with Gasteiger partial charge in [-0.05, 0) is 12.0 Å². The van der Waals surface area contributed by atoms with Gasteiger partial charge in [0, 0.05) is 0 Å². The molecule has 0 radical (unpaired) electrons. The molecule has 2 rings (SSSR count). The Bertz CT molecular complexity index is 630. The van der Waals surface area contributed by atoms with E-state index in [1.807, 2.05) is 0 Å². The highest BCUT2D eigenvalue weighted by Crippen LogP contribution is 2.36. The molecule has 1 aromatic carbocycles. The first-order valence-electron chi connectivity index (χ1n) is 7.18. The van der Waals surface area contributed by atoms with E-state index in [4.69, 9.17) is 0 Å². The number of rotatable bonds is 6. The summed E-state index contributed by atoms with van der Waals surface area (Å²) >= 11 is 0. The third-order valence-electron chi connectivity index (χ3n) is 3.61. The number of aromatic nitrogens is 3. The number of nitrogens with zero attached hydrogens (tertiary/aromatic N) is 3. The van der Waals surface area contributed by atoms with Crippen LogP contribution in [0.25, 0.3) is 0 Å². The lowest BCUT2D eigenvalue weighted by molar-refractivity contribution is -0.268. The Balaban J connectivity index is 2.30. The highest BCUT2D eigenvalue weighted by atomic mass is 19.4. The van der Waals surface area contributed by atoms with Gasteiger partial charge in [0.25, 0.3) is 0 Å². The molecule has 8 heteroatoms. The summed E-state index contributed by atoms with van der Waals surface area (Å²) in [4.78, 5) is 3.84. The Kier molecular flexibility index (Phi) is 5.06. The van der Waals surface area contributed by atoms with Crippen molar-refractivity contribution in [2.45, 2.75) is 44.2 Å². The van der Waals surface area contributed by atoms with Gasteiger partial charge in [-0.25, -0.2) is 9.67 Å². The van der Waals surface area contributed by atoms with Crippen LogP contribution in [0.4, 0.5) is 13.2 Å². The Morgan fingerprint density at radius 2 is 1.87 bits per heavy atom. The number of benzene rings is 1. The summed E-state index contributed by atoms with van der Waals surface area (Å²) in [7, 11) is 0. The molecule has 5 nitrogen and oxygen atoms in total. The van der Waals surface area contributed by atoms with E-state index in [9.17, 15) is 23.4 Å². The zero-order valence-corrected chi connectivity index (χ0v) is 12.5. The van der Waals surface area contributed by atoms with Crippen LogP contribution in [-0.2, 0) is 6.54 Å². The second-order valence-corrected chi connectivity index (χ2v) is 5.37. The van der Waals surface area contributed by atoms with Crippen LogP contribution in [-0.4, -0.2) is 36.8 Å². The third-order valence-corrected chi connectivity index (χ3v) is 3.61. The molecular formula is C15H18F3N3O2. The smallest absolute Gasteiger partial charge is 0.380 e. The van der Waals surface area contributed by atoms with Gasteiger partial charge in [-0.3, -0.25) is 0 Å². The standard InChI is InChI=1S/C15H18F3N3O2/c1-2-8-14(23,15(16,17)18)9-21-13(19-10-20-21)12(22)11-6-4-3-5-7-11/h3-7,10,12,22-23H,2,8-9H2,1H3. The third kappa shape index (κ3) is 3.70. The van der Waals surface area contributed by atoms with E-state index >= 15 is 0 Å². The van der Waals surface area contributed by atoms with Crippen molar-refractivity contribution in [3.8, 4) is 0 Å².